The van der Waals surface area contributed by atoms with Crippen LogP contribution in [-0.4, -0.2) is 46.6 Å². The number of hydrogen-bond acceptors (Lipinski definition) is 4. The Morgan fingerprint density at radius 2 is 2.21 bits per heavy atom. The molecule has 0 aliphatic carbocycles. The fourth-order valence-electron chi connectivity index (χ4n) is 1.38. The number of aliphatic hydroxyl groups is 1. The van der Waals surface area contributed by atoms with Crippen molar-refractivity contribution >= 4 is 26.7 Å². The fourth-order valence-corrected chi connectivity index (χ4v) is 2.11. The molecule has 0 bridgehead atoms. The zero-order chi connectivity index (χ0) is 14.3. The van der Waals surface area contributed by atoms with Gasteiger partial charge in [-0.2, -0.15) is 0 Å². The highest BCUT2D eigenvalue weighted by Crippen LogP contribution is 2.17. The van der Waals surface area contributed by atoms with Crippen molar-refractivity contribution < 1.29 is 14.1 Å². The van der Waals surface area contributed by atoms with Crippen LogP contribution in [0.2, 0.25) is 0 Å². The van der Waals surface area contributed by atoms with E-state index < -0.39 is 16.9 Å². The maximum absolute atomic E-state index is 11.1. The monoisotopic (exact) mass is 349 g/mol. The lowest BCUT2D eigenvalue weighted by Crippen LogP contribution is -2.36. The molecule has 6 heteroatoms. The number of ether oxygens (including phenoxy) is 1. The van der Waals surface area contributed by atoms with Gasteiger partial charge < -0.3 is 15.2 Å². The first-order valence-electron chi connectivity index (χ1n) is 6.08. The molecule has 1 aromatic rings. The van der Waals surface area contributed by atoms with Crippen molar-refractivity contribution in [3.05, 3.63) is 28.7 Å². The summed E-state index contributed by atoms with van der Waals surface area (Å²) in [5.74, 6) is 0.719. The lowest BCUT2D eigenvalue weighted by Gasteiger charge is -2.15. The first kappa shape index (κ1) is 16.6. The summed E-state index contributed by atoms with van der Waals surface area (Å²) < 4.78 is 17.6. The van der Waals surface area contributed by atoms with Gasteiger partial charge in [0.15, 0.2) is 0 Å². The summed E-state index contributed by atoms with van der Waals surface area (Å²) in [5.41, 5.74) is 0. The van der Waals surface area contributed by atoms with Crippen molar-refractivity contribution in [2.24, 2.45) is 0 Å². The molecular weight excluding hydrogens is 330 g/mol. The maximum Gasteiger partial charge on any atom is 0.120 e. The van der Waals surface area contributed by atoms with Crippen molar-refractivity contribution in [2.45, 2.75) is 18.3 Å². The van der Waals surface area contributed by atoms with Gasteiger partial charge in [0.2, 0.25) is 0 Å². The van der Waals surface area contributed by atoms with Crippen LogP contribution < -0.4 is 10.1 Å². The van der Waals surface area contributed by atoms with E-state index in [1.54, 1.807) is 6.26 Å². The van der Waals surface area contributed by atoms with Gasteiger partial charge in [-0.25, -0.2) is 0 Å². The van der Waals surface area contributed by atoms with E-state index in [1.165, 1.54) is 0 Å². The van der Waals surface area contributed by atoms with Crippen LogP contribution >= 0.6 is 15.9 Å². The van der Waals surface area contributed by atoms with Gasteiger partial charge in [0, 0.05) is 39.9 Å². The standard InChI is InChI=1S/C13H20BrNO3S/c1-10(19(2)17)7-15-8-12(16)9-18-13-5-3-4-11(14)6-13/h3-6,10,12,15-16H,7-9H2,1-2H3. The van der Waals surface area contributed by atoms with Crippen molar-refractivity contribution in [1.29, 1.82) is 0 Å². The summed E-state index contributed by atoms with van der Waals surface area (Å²) in [7, 11) is -0.842. The number of halogens is 1. The van der Waals surface area contributed by atoms with Gasteiger partial charge in [-0.15, -0.1) is 0 Å². The summed E-state index contributed by atoms with van der Waals surface area (Å²) in [4.78, 5) is 0. The van der Waals surface area contributed by atoms with Gasteiger partial charge in [0.05, 0.1) is 0 Å². The summed E-state index contributed by atoms with van der Waals surface area (Å²) >= 11 is 3.36. The zero-order valence-corrected chi connectivity index (χ0v) is 13.5. The Hall–Kier alpha value is -0.430. The molecule has 1 aromatic carbocycles. The van der Waals surface area contributed by atoms with Crippen molar-refractivity contribution in [2.75, 3.05) is 26.0 Å². The molecule has 0 aliphatic heterocycles. The largest absolute Gasteiger partial charge is 0.491 e. The molecule has 108 valence electrons. The summed E-state index contributed by atoms with van der Waals surface area (Å²) in [6, 6.07) is 7.48. The van der Waals surface area contributed by atoms with E-state index in [9.17, 15) is 9.32 Å². The van der Waals surface area contributed by atoms with Gasteiger partial charge >= 0.3 is 0 Å². The molecule has 3 unspecified atom stereocenters. The summed E-state index contributed by atoms with van der Waals surface area (Å²) in [6.45, 7) is 3.19. The molecule has 0 heterocycles. The molecule has 4 nitrogen and oxygen atoms in total. The predicted molar refractivity (Wildman–Crippen MR) is 82.0 cm³/mol. The van der Waals surface area contributed by atoms with Crippen molar-refractivity contribution in [3.63, 3.8) is 0 Å². The van der Waals surface area contributed by atoms with E-state index in [-0.39, 0.29) is 11.9 Å². The lowest BCUT2D eigenvalue weighted by atomic mass is 10.3. The summed E-state index contributed by atoms with van der Waals surface area (Å²) in [5, 5.41) is 12.9. The molecule has 2 N–H and O–H groups in total. The Labute approximate surface area is 125 Å². The molecule has 0 saturated heterocycles. The van der Waals surface area contributed by atoms with Crippen LogP contribution in [0.4, 0.5) is 0 Å². The minimum Gasteiger partial charge on any atom is -0.491 e. The van der Waals surface area contributed by atoms with Crippen LogP contribution in [0, 0.1) is 0 Å². The van der Waals surface area contributed by atoms with Gasteiger partial charge in [-0.1, -0.05) is 22.0 Å². The summed E-state index contributed by atoms with van der Waals surface area (Å²) in [6.07, 6.45) is 1.09. The van der Waals surface area contributed by atoms with Gasteiger partial charge in [-0.3, -0.25) is 4.21 Å². The molecule has 19 heavy (non-hydrogen) atoms. The van der Waals surface area contributed by atoms with Crippen LogP contribution in [0.15, 0.2) is 28.7 Å². The molecule has 3 atom stereocenters. The van der Waals surface area contributed by atoms with E-state index >= 15 is 0 Å². The molecule has 1 rings (SSSR count). The van der Waals surface area contributed by atoms with E-state index in [1.807, 2.05) is 31.2 Å². The average Bonchev–Trinajstić information content (AvgIpc) is 2.36. The van der Waals surface area contributed by atoms with Gasteiger partial charge in [0.1, 0.15) is 18.5 Å². The number of benzene rings is 1. The fraction of sp³-hybridized carbons (Fsp3) is 0.538. The maximum atomic E-state index is 11.1. The SMILES string of the molecule is CC(CNCC(O)COc1cccc(Br)c1)S(C)=O. The topological polar surface area (TPSA) is 58.6 Å². The zero-order valence-electron chi connectivity index (χ0n) is 11.1. The van der Waals surface area contributed by atoms with Gasteiger partial charge in [-0.05, 0) is 25.1 Å². The predicted octanol–water partition coefficient (Wildman–Crippen LogP) is 1.55. The third kappa shape index (κ3) is 7.06. The van der Waals surface area contributed by atoms with E-state index in [0.717, 1.165) is 10.2 Å². The van der Waals surface area contributed by atoms with Gasteiger partial charge in [0.25, 0.3) is 0 Å². The molecule has 0 spiro atoms. The first-order chi connectivity index (χ1) is 8.99. The second kappa shape index (κ2) is 8.68. The Balaban J connectivity index is 2.21. The van der Waals surface area contributed by atoms with Crippen LogP contribution in [0.25, 0.3) is 0 Å². The minimum absolute atomic E-state index is 0.0817. The van der Waals surface area contributed by atoms with Crippen molar-refractivity contribution in [3.8, 4) is 5.75 Å². The van der Waals surface area contributed by atoms with Crippen molar-refractivity contribution in [1.82, 2.24) is 5.32 Å². The molecular formula is C13H20BrNO3S. The quantitative estimate of drug-likeness (QED) is 0.747. The van der Waals surface area contributed by atoms with Crippen LogP contribution in [-0.2, 0) is 10.8 Å². The molecule has 0 amide bonds. The second-order valence-electron chi connectivity index (χ2n) is 4.39. The Kier molecular flexibility index (Phi) is 7.60. The molecule has 0 aliphatic rings. The molecule has 0 saturated carbocycles. The molecule has 0 aromatic heterocycles. The Morgan fingerprint density at radius 3 is 2.84 bits per heavy atom. The smallest absolute Gasteiger partial charge is 0.120 e. The number of aliphatic hydroxyl groups excluding tert-OH is 1. The first-order valence-corrected chi connectivity index (χ1v) is 8.50. The van der Waals surface area contributed by atoms with Crippen LogP contribution in [0.5, 0.6) is 5.75 Å². The van der Waals surface area contributed by atoms with E-state index in [4.69, 9.17) is 4.74 Å². The number of nitrogens with one attached hydrogen (secondary N) is 1. The van der Waals surface area contributed by atoms with E-state index in [2.05, 4.69) is 21.2 Å². The average molecular weight is 350 g/mol. The third-order valence-electron chi connectivity index (χ3n) is 2.62. The Morgan fingerprint density at radius 1 is 1.47 bits per heavy atom. The lowest BCUT2D eigenvalue weighted by molar-refractivity contribution is 0.106. The molecule has 0 radical (unpaired) electrons. The third-order valence-corrected chi connectivity index (χ3v) is 4.41. The number of hydrogen-bond donors (Lipinski definition) is 2. The molecule has 0 fully saturated rings. The highest BCUT2D eigenvalue weighted by molar-refractivity contribution is 9.10. The van der Waals surface area contributed by atoms with Crippen LogP contribution in [0.3, 0.4) is 0 Å². The highest BCUT2D eigenvalue weighted by atomic mass is 79.9. The Bertz CT molecular complexity index is 417. The normalized spacial score (nSPS) is 15.8. The minimum atomic E-state index is -0.842. The second-order valence-corrected chi connectivity index (χ2v) is 7.11. The van der Waals surface area contributed by atoms with E-state index in [0.29, 0.717) is 13.1 Å². The number of rotatable bonds is 8. The van der Waals surface area contributed by atoms with Crippen LogP contribution in [0.1, 0.15) is 6.92 Å². The highest BCUT2D eigenvalue weighted by Gasteiger charge is 2.08.